The first-order valence-electron chi connectivity index (χ1n) is 10.7. The van der Waals surface area contributed by atoms with Crippen molar-refractivity contribution in [2.45, 2.75) is 0 Å². The highest BCUT2D eigenvalue weighted by Gasteiger charge is 2.32. The third-order valence-corrected chi connectivity index (χ3v) is 5.66. The Morgan fingerprint density at radius 2 is 0.844 bits per heavy atom. The van der Waals surface area contributed by atoms with Crippen molar-refractivity contribution in [3.63, 3.8) is 0 Å². The number of carbonyl (C=O) groups is 1. The molecule has 1 heterocycles. The maximum absolute atomic E-state index is 13.2. The summed E-state index contributed by atoms with van der Waals surface area (Å²) in [6.07, 6.45) is 0. The third-order valence-electron chi connectivity index (χ3n) is 5.66. The van der Waals surface area contributed by atoms with Crippen LogP contribution in [0.5, 0.6) is 0 Å². The van der Waals surface area contributed by atoms with E-state index in [9.17, 15) is 4.79 Å². The number of hydrogen-bond donors (Lipinski definition) is 0. The zero-order chi connectivity index (χ0) is 21.8. The van der Waals surface area contributed by atoms with E-state index in [2.05, 4.69) is 24.3 Å². The summed E-state index contributed by atoms with van der Waals surface area (Å²) in [5, 5.41) is 0. The van der Waals surface area contributed by atoms with Gasteiger partial charge in [-0.1, -0.05) is 121 Å². The Labute approximate surface area is 188 Å². The van der Waals surface area contributed by atoms with Crippen LogP contribution in [0.1, 0.15) is 22.3 Å². The number of ether oxygens (including phenoxy) is 1. The van der Waals surface area contributed by atoms with Gasteiger partial charge in [0, 0.05) is 11.1 Å². The van der Waals surface area contributed by atoms with Crippen LogP contribution in [0.3, 0.4) is 0 Å². The molecule has 2 heteroatoms. The van der Waals surface area contributed by atoms with Crippen molar-refractivity contribution in [2.75, 3.05) is 6.61 Å². The molecule has 0 bridgehead atoms. The van der Waals surface area contributed by atoms with Gasteiger partial charge in [-0.05, 0) is 27.8 Å². The highest BCUT2D eigenvalue weighted by Crippen LogP contribution is 2.40. The van der Waals surface area contributed by atoms with E-state index in [4.69, 9.17) is 4.74 Å². The molecule has 5 rings (SSSR count). The second-order valence-electron chi connectivity index (χ2n) is 7.64. The summed E-state index contributed by atoms with van der Waals surface area (Å²) in [5.74, 6) is -0.285. The molecule has 2 nitrogen and oxygen atoms in total. The molecule has 0 spiro atoms. The van der Waals surface area contributed by atoms with Gasteiger partial charge in [0.05, 0.1) is 5.57 Å². The Kier molecular flexibility index (Phi) is 5.50. The SMILES string of the molecule is O=C1OCC(=C(c2ccccc2)c2ccccc2)C1=C(c1ccccc1)c1ccccc1. The molecule has 0 aromatic heterocycles. The average molecular weight is 415 g/mol. The molecule has 32 heavy (non-hydrogen) atoms. The second kappa shape index (κ2) is 8.91. The fraction of sp³-hybridized carbons (Fsp3) is 0.0333. The molecule has 0 atom stereocenters. The lowest BCUT2D eigenvalue weighted by Crippen LogP contribution is -2.04. The van der Waals surface area contributed by atoms with Crippen molar-refractivity contribution in [3.05, 3.63) is 155 Å². The van der Waals surface area contributed by atoms with Gasteiger partial charge < -0.3 is 4.74 Å². The lowest BCUT2D eigenvalue weighted by atomic mass is 9.85. The van der Waals surface area contributed by atoms with Crippen molar-refractivity contribution < 1.29 is 9.53 Å². The normalized spacial score (nSPS) is 13.1. The number of hydrogen-bond acceptors (Lipinski definition) is 2. The van der Waals surface area contributed by atoms with Crippen LogP contribution in [0.2, 0.25) is 0 Å². The van der Waals surface area contributed by atoms with Crippen LogP contribution in [0, 0.1) is 0 Å². The lowest BCUT2D eigenvalue weighted by molar-refractivity contribution is -0.134. The van der Waals surface area contributed by atoms with Gasteiger partial charge in [-0.3, -0.25) is 0 Å². The molecule has 4 aromatic carbocycles. The van der Waals surface area contributed by atoms with E-state index >= 15 is 0 Å². The number of rotatable bonds is 4. The molecule has 154 valence electrons. The molecule has 0 saturated carbocycles. The fourth-order valence-corrected chi connectivity index (χ4v) is 4.25. The van der Waals surface area contributed by atoms with Gasteiger partial charge >= 0.3 is 5.97 Å². The van der Waals surface area contributed by atoms with Crippen LogP contribution in [-0.2, 0) is 9.53 Å². The minimum absolute atomic E-state index is 0.246. The molecular weight excluding hydrogens is 392 g/mol. The van der Waals surface area contributed by atoms with Crippen molar-refractivity contribution in [1.82, 2.24) is 0 Å². The topological polar surface area (TPSA) is 26.3 Å². The predicted octanol–water partition coefficient (Wildman–Crippen LogP) is 6.55. The maximum atomic E-state index is 13.2. The monoisotopic (exact) mass is 414 g/mol. The summed E-state index contributed by atoms with van der Waals surface area (Å²) in [4.78, 5) is 13.2. The first-order chi connectivity index (χ1) is 15.8. The van der Waals surface area contributed by atoms with Crippen LogP contribution in [0.15, 0.2) is 132 Å². The fourth-order valence-electron chi connectivity index (χ4n) is 4.25. The third kappa shape index (κ3) is 3.79. The largest absolute Gasteiger partial charge is 0.457 e. The summed E-state index contributed by atoms with van der Waals surface area (Å²) in [6, 6.07) is 40.6. The van der Waals surface area contributed by atoms with Gasteiger partial charge in [-0.15, -0.1) is 0 Å². The van der Waals surface area contributed by atoms with E-state index in [1.807, 2.05) is 97.1 Å². The minimum Gasteiger partial charge on any atom is -0.457 e. The van der Waals surface area contributed by atoms with Crippen molar-refractivity contribution in [2.24, 2.45) is 0 Å². The van der Waals surface area contributed by atoms with E-state index < -0.39 is 0 Å². The van der Waals surface area contributed by atoms with Gasteiger partial charge in [0.1, 0.15) is 6.61 Å². The second-order valence-corrected chi connectivity index (χ2v) is 7.64. The van der Waals surface area contributed by atoms with Crippen LogP contribution in [0.25, 0.3) is 11.1 Å². The average Bonchev–Trinajstić information content (AvgIpc) is 3.23. The summed E-state index contributed by atoms with van der Waals surface area (Å²) in [7, 11) is 0. The van der Waals surface area contributed by atoms with Gasteiger partial charge in [-0.2, -0.15) is 0 Å². The molecule has 0 radical (unpaired) electrons. The highest BCUT2D eigenvalue weighted by atomic mass is 16.5. The predicted molar refractivity (Wildman–Crippen MR) is 129 cm³/mol. The number of carbonyl (C=O) groups excluding carboxylic acids is 1. The van der Waals surface area contributed by atoms with Crippen LogP contribution in [0.4, 0.5) is 0 Å². The number of cyclic esters (lactones) is 1. The smallest absolute Gasteiger partial charge is 0.339 e. The molecular formula is C30H22O2. The lowest BCUT2D eigenvalue weighted by Gasteiger charge is -2.16. The molecule has 4 aromatic rings. The summed E-state index contributed by atoms with van der Waals surface area (Å²) >= 11 is 0. The Bertz CT molecular complexity index is 1200. The molecule has 0 amide bonds. The molecule has 0 aliphatic carbocycles. The zero-order valence-corrected chi connectivity index (χ0v) is 17.6. The van der Waals surface area contributed by atoms with Crippen LogP contribution in [-0.4, -0.2) is 12.6 Å². The van der Waals surface area contributed by atoms with E-state index in [-0.39, 0.29) is 12.6 Å². The Morgan fingerprint density at radius 3 is 1.22 bits per heavy atom. The molecule has 0 unspecified atom stereocenters. The Hall–Kier alpha value is -4.17. The van der Waals surface area contributed by atoms with Gasteiger partial charge in [0.15, 0.2) is 0 Å². The highest BCUT2D eigenvalue weighted by molar-refractivity contribution is 6.11. The Morgan fingerprint density at radius 1 is 0.500 bits per heavy atom. The summed E-state index contributed by atoms with van der Waals surface area (Å²) in [5.41, 5.74) is 7.57. The van der Waals surface area contributed by atoms with Crippen molar-refractivity contribution >= 4 is 17.1 Å². The van der Waals surface area contributed by atoms with Crippen LogP contribution < -0.4 is 0 Å². The molecule has 1 aliphatic rings. The molecule has 1 fully saturated rings. The number of esters is 1. The maximum Gasteiger partial charge on any atom is 0.339 e. The van der Waals surface area contributed by atoms with Crippen molar-refractivity contribution in [1.29, 1.82) is 0 Å². The quantitative estimate of drug-likeness (QED) is 0.280. The minimum atomic E-state index is -0.285. The van der Waals surface area contributed by atoms with Gasteiger partial charge in [0.2, 0.25) is 0 Å². The summed E-state index contributed by atoms with van der Waals surface area (Å²) in [6.45, 7) is 0.246. The summed E-state index contributed by atoms with van der Waals surface area (Å²) < 4.78 is 5.67. The standard InChI is InChI=1S/C30H22O2/c31-30-29(28(24-17-9-3-10-18-24)25-19-11-4-12-20-25)26(21-32-30)27(22-13-5-1-6-14-22)23-15-7-2-8-16-23/h1-20H,21H2. The van der Waals surface area contributed by atoms with Crippen LogP contribution >= 0.6 is 0 Å². The van der Waals surface area contributed by atoms with E-state index in [0.29, 0.717) is 5.57 Å². The van der Waals surface area contributed by atoms with E-state index in [1.165, 1.54) is 0 Å². The Balaban J connectivity index is 1.87. The molecule has 1 saturated heterocycles. The first kappa shape index (κ1) is 19.8. The zero-order valence-electron chi connectivity index (χ0n) is 17.6. The first-order valence-corrected chi connectivity index (χ1v) is 10.7. The van der Waals surface area contributed by atoms with E-state index in [1.54, 1.807) is 0 Å². The molecule has 1 aliphatic heterocycles. The van der Waals surface area contributed by atoms with Crippen molar-refractivity contribution in [3.8, 4) is 0 Å². The van der Waals surface area contributed by atoms with Gasteiger partial charge in [-0.25, -0.2) is 4.79 Å². The number of benzene rings is 4. The van der Waals surface area contributed by atoms with Gasteiger partial charge in [0.25, 0.3) is 0 Å². The van der Waals surface area contributed by atoms with E-state index in [0.717, 1.165) is 39.0 Å². The molecule has 0 N–H and O–H groups in total.